The van der Waals surface area contributed by atoms with Gasteiger partial charge in [0.25, 0.3) is 0 Å². The van der Waals surface area contributed by atoms with Crippen LogP contribution in [-0.4, -0.2) is 30.1 Å². The second kappa shape index (κ2) is 3.22. The molecule has 0 bridgehead atoms. The van der Waals surface area contributed by atoms with E-state index >= 15 is 0 Å². The summed E-state index contributed by atoms with van der Waals surface area (Å²) in [4.78, 5) is 0. The van der Waals surface area contributed by atoms with Gasteiger partial charge in [0.1, 0.15) is 0 Å². The summed E-state index contributed by atoms with van der Waals surface area (Å²) in [6.07, 6.45) is -4.26. The lowest BCUT2D eigenvalue weighted by atomic mass is 9.89. The number of hydrogen-bond donors (Lipinski definition) is 1. The average molecular weight is 184 g/mol. The molecule has 0 saturated carbocycles. The molecule has 0 aliphatic carbocycles. The fraction of sp³-hybridized carbons (Fsp3) is 1.00. The molecule has 0 amide bonds. The highest BCUT2D eigenvalue weighted by Crippen LogP contribution is 2.45. The van der Waals surface area contributed by atoms with Crippen LogP contribution in [0.1, 0.15) is 19.3 Å². The highest BCUT2D eigenvalue weighted by Gasteiger charge is 2.59. The van der Waals surface area contributed by atoms with Crippen LogP contribution in [0.5, 0.6) is 0 Å². The Morgan fingerprint density at radius 1 is 1.42 bits per heavy atom. The Morgan fingerprint density at radius 3 is 2.25 bits per heavy atom. The van der Waals surface area contributed by atoms with E-state index in [0.29, 0.717) is 0 Å². The van der Waals surface area contributed by atoms with E-state index in [1.165, 1.54) is 0 Å². The SMILES string of the molecule is OCCCC1(C(F)(F)F)CCO1. The molecule has 1 aliphatic heterocycles. The van der Waals surface area contributed by atoms with Crippen LogP contribution in [0.25, 0.3) is 0 Å². The molecule has 12 heavy (non-hydrogen) atoms. The van der Waals surface area contributed by atoms with Crippen LogP contribution in [0.2, 0.25) is 0 Å². The number of ether oxygens (including phenoxy) is 1. The standard InChI is InChI=1S/C7H11F3O2/c8-7(9,10)6(2-1-4-11)3-5-12-6/h11H,1-5H2. The van der Waals surface area contributed by atoms with E-state index in [9.17, 15) is 13.2 Å². The van der Waals surface area contributed by atoms with Crippen LogP contribution in [0.3, 0.4) is 0 Å². The Hall–Kier alpha value is -0.290. The molecule has 1 saturated heterocycles. The zero-order valence-electron chi connectivity index (χ0n) is 6.52. The third kappa shape index (κ3) is 1.56. The number of alkyl halides is 3. The highest BCUT2D eigenvalue weighted by molar-refractivity contribution is 4.94. The highest BCUT2D eigenvalue weighted by atomic mass is 19.4. The Morgan fingerprint density at radius 2 is 2.00 bits per heavy atom. The normalized spacial score (nSPS) is 30.0. The van der Waals surface area contributed by atoms with Crippen molar-refractivity contribution in [3.8, 4) is 0 Å². The first-order chi connectivity index (χ1) is 5.52. The van der Waals surface area contributed by atoms with Crippen molar-refractivity contribution in [1.29, 1.82) is 0 Å². The lowest BCUT2D eigenvalue weighted by molar-refractivity contribution is -0.328. The molecule has 1 heterocycles. The van der Waals surface area contributed by atoms with E-state index in [1.54, 1.807) is 0 Å². The maximum atomic E-state index is 12.3. The van der Waals surface area contributed by atoms with Gasteiger partial charge in [0.2, 0.25) is 0 Å². The maximum absolute atomic E-state index is 12.3. The van der Waals surface area contributed by atoms with Gasteiger partial charge >= 0.3 is 6.18 Å². The minimum atomic E-state index is -4.29. The molecular formula is C7H11F3O2. The van der Waals surface area contributed by atoms with Gasteiger partial charge in [-0.3, -0.25) is 0 Å². The van der Waals surface area contributed by atoms with Crippen molar-refractivity contribution in [2.75, 3.05) is 13.2 Å². The Bertz CT molecular complexity index is 151. The van der Waals surface area contributed by atoms with Crippen molar-refractivity contribution in [1.82, 2.24) is 0 Å². The number of hydrogen-bond acceptors (Lipinski definition) is 2. The monoisotopic (exact) mass is 184 g/mol. The van der Waals surface area contributed by atoms with Gasteiger partial charge in [0.05, 0.1) is 6.61 Å². The Balaban J connectivity index is 2.51. The zero-order chi connectivity index (χ0) is 9.24. The van der Waals surface area contributed by atoms with Crippen molar-refractivity contribution < 1.29 is 23.0 Å². The second-order valence-electron chi connectivity index (χ2n) is 2.92. The molecule has 2 nitrogen and oxygen atoms in total. The molecule has 0 spiro atoms. The molecule has 0 radical (unpaired) electrons. The van der Waals surface area contributed by atoms with E-state index in [0.717, 1.165) is 0 Å². The maximum Gasteiger partial charge on any atom is 0.417 e. The Kier molecular flexibility index (Phi) is 2.63. The fourth-order valence-electron chi connectivity index (χ4n) is 1.28. The van der Waals surface area contributed by atoms with E-state index in [-0.39, 0.29) is 32.5 Å². The van der Waals surface area contributed by atoms with Crippen molar-refractivity contribution in [2.45, 2.75) is 31.0 Å². The number of aliphatic hydroxyl groups is 1. The summed E-state index contributed by atoms with van der Waals surface area (Å²) in [7, 11) is 0. The average Bonchev–Trinajstić information content (AvgIpc) is 1.82. The van der Waals surface area contributed by atoms with Gasteiger partial charge in [-0.05, 0) is 12.8 Å². The van der Waals surface area contributed by atoms with E-state index in [2.05, 4.69) is 4.74 Å². The first kappa shape index (κ1) is 9.80. The lowest BCUT2D eigenvalue weighted by Gasteiger charge is -2.43. The third-order valence-electron chi connectivity index (χ3n) is 2.14. The molecule has 1 aliphatic rings. The molecule has 0 aromatic heterocycles. The van der Waals surface area contributed by atoms with Gasteiger partial charge in [0, 0.05) is 13.0 Å². The van der Waals surface area contributed by atoms with Gasteiger partial charge in [-0.25, -0.2) is 0 Å². The minimum absolute atomic E-state index is 0.0243. The van der Waals surface area contributed by atoms with Gasteiger partial charge in [-0.1, -0.05) is 0 Å². The minimum Gasteiger partial charge on any atom is -0.396 e. The van der Waals surface area contributed by atoms with Crippen molar-refractivity contribution in [3.63, 3.8) is 0 Å². The topological polar surface area (TPSA) is 29.5 Å². The van der Waals surface area contributed by atoms with Crippen LogP contribution < -0.4 is 0 Å². The van der Waals surface area contributed by atoms with Crippen molar-refractivity contribution >= 4 is 0 Å². The summed E-state index contributed by atoms with van der Waals surface area (Å²) in [5.74, 6) is 0. The van der Waals surface area contributed by atoms with Crippen LogP contribution in [0.15, 0.2) is 0 Å². The second-order valence-corrected chi connectivity index (χ2v) is 2.92. The van der Waals surface area contributed by atoms with Gasteiger partial charge in [-0.2, -0.15) is 13.2 Å². The predicted octanol–water partition coefficient (Wildman–Crippen LogP) is 1.48. The quantitative estimate of drug-likeness (QED) is 0.719. The molecule has 5 heteroatoms. The van der Waals surface area contributed by atoms with Gasteiger partial charge in [-0.15, -0.1) is 0 Å². The molecule has 1 atom stereocenters. The molecule has 1 fully saturated rings. The third-order valence-corrected chi connectivity index (χ3v) is 2.14. The molecule has 0 aromatic rings. The fourth-order valence-corrected chi connectivity index (χ4v) is 1.28. The van der Waals surface area contributed by atoms with Gasteiger partial charge in [0.15, 0.2) is 5.60 Å². The predicted molar refractivity (Wildman–Crippen MR) is 35.7 cm³/mol. The summed E-state index contributed by atoms with van der Waals surface area (Å²) in [6, 6.07) is 0. The summed E-state index contributed by atoms with van der Waals surface area (Å²) in [5, 5.41) is 8.39. The summed E-state index contributed by atoms with van der Waals surface area (Å²) >= 11 is 0. The van der Waals surface area contributed by atoms with E-state index in [1.807, 2.05) is 0 Å². The smallest absolute Gasteiger partial charge is 0.396 e. The van der Waals surface area contributed by atoms with E-state index < -0.39 is 11.8 Å². The Labute approximate surface area is 68.3 Å². The number of halogens is 3. The summed E-state index contributed by atoms with van der Waals surface area (Å²) in [5.41, 5.74) is -1.95. The summed E-state index contributed by atoms with van der Waals surface area (Å²) in [6.45, 7) is -0.0495. The van der Waals surface area contributed by atoms with Gasteiger partial charge < -0.3 is 9.84 Å². The zero-order valence-corrected chi connectivity index (χ0v) is 6.52. The largest absolute Gasteiger partial charge is 0.417 e. The number of aliphatic hydroxyl groups excluding tert-OH is 1. The molecular weight excluding hydrogens is 173 g/mol. The molecule has 1 unspecified atom stereocenters. The first-order valence-electron chi connectivity index (χ1n) is 3.83. The van der Waals surface area contributed by atoms with Crippen LogP contribution in [0.4, 0.5) is 13.2 Å². The van der Waals surface area contributed by atoms with Crippen molar-refractivity contribution in [3.05, 3.63) is 0 Å². The number of rotatable bonds is 3. The van der Waals surface area contributed by atoms with Crippen LogP contribution >= 0.6 is 0 Å². The van der Waals surface area contributed by atoms with E-state index in [4.69, 9.17) is 5.11 Å². The van der Waals surface area contributed by atoms with Crippen molar-refractivity contribution in [2.24, 2.45) is 0 Å². The molecule has 1 rings (SSSR count). The molecule has 72 valence electrons. The molecule has 0 aromatic carbocycles. The summed E-state index contributed by atoms with van der Waals surface area (Å²) < 4.78 is 41.4. The van der Waals surface area contributed by atoms with Crippen LogP contribution in [0, 0.1) is 0 Å². The first-order valence-corrected chi connectivity index (χ1v) is 3.83. The lowest BCUT2D eigenvalue weighted by Crippen LogP contribution is -2.55. The van der Waals surface area contributed by atoms with Crippen LogP contribution in [-0.2, 0) is 4.74 Å². The molecule has 1 N–H and O–H groups in total.